The van der Waals surface area contributed by atoms with E-state index in [1.807, 2.05) is 37.0 Å². The number of aryl methyl sites for hydroxylation is 2. The summed E-state index contributed by atoms with van der Waals surface area (Å²) in [6.45, 7) is 3.57. The molecule has 0 aromatic carbocycles. The Bertz CT molecular complexity index is 960. The molecule has 0 radical (unpaired) electrons. The van der Waals surface area contributed by atoms with Crippen LogP contribution in [0.4, 0.5) is 0 Å². The van der Waals surface area contributed by atoms with Crippen LogP contribution in [0, 0.1) is 12.8 Å². The van der Waals surface area contributed by atoms with Gasteiger partial charge in [-0.3, -0.25) is 14.4 Å². The van der Waals surface area contributed by atoms with E-state index in [0.29, 0.717) is 29.3 Å². The van der Waals surface area contributed by atoms with Gasteiger partial charge in [0.2, 0.25) is 0 Å². The van der Waals surface area contributed by atoms with Crippen molar-refractivity contribution in [1.82, 2.24) is 25.0 Å². The van der Waals surface area contributed by atoms with E-state index in [9.17, 15) is 4.79 Å². The lowest BCUT2D eigenvalue weighted by atomic mass is 9.87. The maximum absolute atomic E-state index is 12.6. The van der Waals surface area contributed by atoms with Gasteiger partial charge in [0.1, 0.15) is 5.52 Å². The Morgan fingerprint density at radius 2 is 2.19 bits per heavy atom. The number of furan rings is 1. The zero-order valence-corrected chi connectivity index (χ0v) is 16.0. The Morgan fingerprint density at radius 1 is 1.33 bits per heavy atom. The van der Waals surface area contributed by atoms with E-state index in [-0.39, 0.29) is 11.9 Å². The van der Waals surface area contributed by atoms with Crippen LogP contribution < -0.4 is 5.32 Å². The van der Waals surface area contributed by atoms with Crippen LogP contribution in [0.1, 0.15) is 40.8 Å². The number of carbonyl (C=O) groups is 1. The van der Waals surface area contributed by atoms with E-state index in [2.05, 4.69) is 33.4 Å². The highest BCUT2D eigenvalue weighted by molar-refractivity contribution is 5.95. The molecule has 142 valence electrons. The molecule has 1 aliphatic rings. The molecule has 0 spiro atoms. The third-order valence-corrected chi connectivity index (χ3v) is 5.43. The van der Waals surface area contributed by atoms with Gasteiger partial charge in [-0.15, -0.1) is 0 Å². The zero-order valence-electron chi connectivity index (χ0n) is 16.0. The molecule has 0 unspecified atom stereocenters. The summed E-state index contributed by atoms with van der Waals surface area (Å²) < 4.78 is 7.59. The maximum Gasteiger partial charge on any atom is 0.287 e. The van der Waals surface area contributed by atoms with E-state index in [0.717, 1.165) is 25.1 Å². The standard InChI is InChI=1S/C20H25N5O2/c1-13-6-7-17-15(23-13)11-18(27-17)20(26)21-12-14-5-4-10-24(2)19(14)16-8-9-22-25(16)3/h6-9,11,14,19H,4-5,10,12H2,1-3H3,(H,21,26)/t14-,19+/m0/s1. The van der Waals surface area contributed by atoms with Gasteiger partial charge in [0.15, 0.2) is 11.3 Å². The van der Waals surface area contributed by atoms with Crippen molar-refractivity contribution in [2.75, 3.05) is 20.1 Å². The summed E-state index contributed by atoms with van der Waals surface area (Å²) in [5.41, 5.74) is 3.43. The van der Waals surface area contributed by atoms with Gasteiger partial charge in [-0.2, -0.15) is 5.10 Å². The van der Waals surface area contributed by atoms with Crippen LogP contribution in [-0.2, 0) is 7.05 Å². The van der Waals surface area contributed by atoms with E-state index < -0.39 is 0 Å². The smallest absolute Gasteiger partial charge is 0.287 e. The predicted octanol–water partition coefficient (Wildman–Crippen LogP) is 2.68. The van der Waals surface area contributed by atoms with Crippen molar-refractivity contribution in [2.45, 2.75) is 25.8 Å². The van der Waals surface area contributed by atoms with E-state index in [1.54, 1.807) is 6.07 Å². The molecule has 3 aromatic heterocycles. The van der Waals surface area contributed by atoms with Gasteiger partial charge in [0.05, 0.1) is 11.7 Å². The quantitative estimate of drug-likeness (QED) is 0.767. The minimum atomic E-state index is -0.192. The summed E-state index contributed by atoms with van der Waals surface area (Å²) >= 11 is 0. The van der Waals surface area contributed by atoms with E-state index in [1.165, 1.54) is 5.69 Å². The van der Waals surface area contributed by atoms with E-state index >= 15 is 0 Å². The average Bonchev–Trinajstić information content (AvgIpc) is 3.25. The topological polar surface area (TPSA) is 76.2 Å². The zero-order chi connectivity index (χ0) is 19.0. The molecular weight excluding hydrogens is 342 g/mol. The second kappa shape index (κ2) is 7.15. The first kappa shape index (κ1) is 17.7. The first-order valence-corrected chi connectivity index (χ1v) is 9.36. The Kier molecular flexibility index (Phi) is 4.70. The highest BCUT2D eigenvalue weighted by atomic mass is 16.3. The summed E-state index contributed by atoms with van der Waals surface area (Å²) in [5.74, 6) is 0.444. The Hall–Kier alpha value is -2.67. The predicted molar refractivity (Wildman–Crippen MR) is 102 cm³/mol. The van der Waals surface area contributed by atoms with Crippen molar-refractivity contribution < 1.29 is 9.21 Å². The first-order chi connectivity index (χ1) is 13.0. The van der Waals surface area contributed by atoms with Crippen molar-refractivity contribution in [2.24, 2.45) is 13.0 Å². The third kappa shape index (κ3) is 3.47. The van der Waals surface area contributed by atoms with Crippen LogP contribution in [0.2, 0.25) is 0 Å². The molecule has 3 aromatic rings. The number of amides is 1. The molecule has 1 N–H and O–H groups in total. The van der Waals surface area contributed by atoms with Crippen molar-refractivity contribution in [3.05, 3.63) is 47.6 Å². The summed E-state index contributed by atoms with van der Waals surface area (Å²) in [4.78, 5) is 19.4. The number of aromatic nitrogens is 3. The molecule has 7 nitrogen and oxygen atoms in total. The van der Waals surface area contributed by atoms with Gasteiger partial charge in [0, 0.05) is 31.5 Å². The molecule has 27 heavy (non-hydrogen) atoms. The number of nitrogens with zero attached hydrogens (tertiary/aromatic N) is 4. The van der Waals surface area contributed by atoms with Crippen LogP contribution >= 0.6 is 0 Å². The number of pyridine rings is 1. The normalized spacial score (nSPS) is 20.9. The minimum absolute atomic E-state index is 0.192. The molecule has 7 heteroatoms. The monoisotopic (exact) mass is 367 g/mol. The van der Waals surface area contributed by atoms with Crippen molar-refractivity contribution >= 4 is 17.0 Å². The van der Waals surface area contributed by atoms with Gasteiger partial charge in [0.25, 0.3) is 5.91 Å². The Morgan fingerprint density at radius 3 is 2.96 bits per heavy atom. The molecule has 0 saturated carbocycles. The Labute approximate surface area is 158 Å². The number of hydrogen-bond donors (Lipinski definition) is 1. The molecule has 4 rings (SSSR count). The highest BCUT2D eigenvalue weighted by Crippen LogP contribution is 2.34. The Balaban J connectivity index is 1.48. The fourth-order valence-electron chi connectivity index (χ4n) is 4.06. The average molecular weight is 367 g/mol. The van der Waals surface area contributed by atoms with Crippen molar-refractivity contribution in [1.29, 1.82) is 0 Å². The van der Waals surface area contributed by atoms with Crippen LogP contribution in [0.25, 0.3) is 11.1 Å². The molecule has 1 saturated heterocycles. The number of nitrogens with one attached hydrogen (secondary N) is 1. The molecular formula is C20H25N5O2. The highest BCUT2D eigenvalue weighted by Gasteiger charge is 2.32. The van der Waals surface area contributed by atoms with E-state index in [4.69, 9.17) is 4.42 Å². The number of carbonyl (C=O) groups excluding carboxylic acids is 1. The SMILES string of the molecule is Cc1ccc2oc(C(=O)NC[C@@H]3CCCN(C)[C@H]3c3ccnn3C)cc2n1. The van der Waals surface area contributed by atoms with Crippen LogP contribution in [0.3, 0.4) is 0 Å². The second-order valence-corrected chi connectivity index (χ2v) is 7.36. The number of piperidine rings is 1. The lowest BCUT2D eigenvalue weighted by molar-refractivity contribution is 0.0858. The molecule has 0 aliphatic carbocycles. The van der Waals surface area contributed by atoms with Gasteiger partial charge in [-0.05, 0) is 57.5 Å². The molecule has 0 bridgehead atoms. The number of likely N-dealkylation sites (tertiary alicyclic amines) is 1. The van der Waals surface area contributed by atoms with Crippen LogP contribution in [-0.4, -0.2) is 45.7 Å². The summed E-state index contributed by atoms with van der Waals surface area (Å²) in [6, 6.07) is 7.75. The van der Waals surface area contributed by atoms with Crippen molar-refractivity contribution in [3.8, 4) is 0 Å². The summed E-state index contributed by atoms with van der Waals surface area (Å²) in [5, 5.41) is 7.37. The largest absolute Gasteiger partial charge is 0.449 e. The van der Waals surface area contributed by atoms with Gasteiger partial charge >= 0.3 is 0 Å². The molecule has 1 amide bonds. The maximum atomic E-state index is 12.6. The molecule has 1 aliphatic heterocycles. The summed E-state index contributed by atoms with van der Waals surface area (Å²) in [7, 11) is 4.11. The number of rotatable bonds is 4. The van der Waals surface area contributed by atoms with Gasteiger partial charge in [-0.1, -0.05) is 0 Å². The molecule has 1 fully saturated rings. The lowest BCUT2D eigenvalue weighted by Gasteiger charge is -2.39. The third-order valence-electron chi connectivity index (χ3n) is 5.43. The van der Waals surface area contributed by atoms with Crippen LogP contribution in [0.15, 0.2) is 34.9 Å². The minimum Gasteiger partial charge on any atom is -0.449 e. The fraction of sp³-hybridized carbons (Fsp3) is 0.450. The lowest BCUT2D eigenvalue weighted by Crippen LogP contribution is -2.42. The number of hydrogen-bond acceptors (Lipinski definition) is 5. The van der Waals surface area contributed by atoms with Crippen LogP contribution in [0.5, 0.6) is 0 Å². The van der Waals surface area contributed by atoms with Crippen molar-refractivity contribution in [3.63, 3.8) is 0 Å². The molecule has 4 heterocycles. The number of fused-ring (bicyclic) bond motifs is 1. The van der Waals surface area contributed by atoms with Gasteiger partial charge in [-0.25, -0.2) is 4.98 Å². The molecule has 2 atom stereocenters. The fourth-order valence-corrected chi connectivity index (χ4v) is 4.06. The second-order valence-electron chi connectivity index (χ2n) is 7.36. The summed E-state index contributed by atoms with van der Waals surface area (Å²) in [6.07, 6.45) is 4.03. The first-order valence-electron chi connectivity index (χ1n) is 9.36. The van der Waals surface area contributed by atoms with Gasteiger partial charge < -0.3 is 9.73 Å².